The number of halogens is 1. The van der Waals surface area contributed by atoms with Crippen LogP contribution in [0.2, 0.25) is 0 Å². The lowest BCUT2D eigenvalue weighted by molar-refractivity contribution is 0.414. The van der Waals surface area contributed by atoms with Gasteiger partial charge in [0.2, 0.25) is 0 Å². The third-order valence-electron chi connectivity index (χ3n) is 6.41. The summed E-state index contributed by atoms with van der Waals surface area (Å²) < 4.78 is 12.0. The Morgan fingerprint density at radius 1 is 0.735 bits per heavy atom. The van der Waals surface area contributed by atoms with E-state index >= 15 is 0 Å². The van der Waals surface area contributed by atoms with Crippen molar-refractivity contribution >= 4 is 33.6 Å². The van der Waals surface area contributed by atoms with Gasteiger partial charge in [0.25, 0.3) is 0 Å². The average molecular weight is 513 g/mol. The monoisotopic (exact) mass is 512 g/mol. The number of methoxy groups -OCH3 is 2. The van der Waals surface area contributed by atoms with Crippen molar-refractivity contribution in [2.45, 2.75) is 12.5 Å². The van der Waals surface area contributed by atoms with Gasteiger partial charge in [0, 0.05) is 15.7 Å². The summed E-state index contributed by atoms with van der Waals surface area (Å²) in [6.45, 7) is 2.11. The Morgan fingerprint density at radius 2 is 1.29 bits per heavy atom. The molecule has 5 heteroatoms. The Kier molecular flexibility index (Phi) is 5.88. The maximum atomic E-state index is 5.48. The molecule has 170 valence electrons. The van der Waals surface area contributed by atoms with Gasteiger partial charge < -0.3 is 14.4 Å². The van der Waals surface area contributed by atoms with E-state index in [2.05, 4.69) is 94.5 Å². The van der Waals surface area contributed by atoms with E-state index in [1.54, 1.807) is 14.2 Å². The molecule has 34 heavy (non-hydrogen) atoms. The zero-order valence-electron chi connectivity index (χ0n) is 19.3. The van der Waals surface area contributed by atoms with Crippen LogP contribution < -0.4 is 14.4 Å². The molecule has 4 aromatic carbocycles. The fourth-order valence-corrected chi connectivity index (χ4v) is 5.00. The zero-order valence-corrected chi connectivity index (χ0v) is 20.9. The second-order valence-corrected chi connectivity index (χ2v) is 9.15. The number of fused-ring (bicyclic) bond motifs is 1. The normalized spacial score (nSPS) is 13.9. The number of aryl methyl sites for hydroxylation is 1. The van der Waals surface area contributed by atoms with Gasteiger partial charge in [0.05, 0.1) is 26.2 Å². The number of anilines is 1. The van der Waals surface area contributed by atoms with Crippen molar-refractivity contribution in [1.29, 1.82) is 0 Å². The molecule has 0 N–H and O–H groups in total. The molecule has 0 fully saturated rings. The van der Waals surface area contributed by atoms with Gasteiger partial charge in [0.1, 0.15) is 17.0 Å². The quantitative estimate of drug-likeness (QED) is 0.282. The van der Waals surface area contributed by atoms with Crippen LogP contribution in [0.4, 0.5) is 11.4 Å². The van der Waals surface area contributed by atoms with Crippen molar-refractivity contribution in [3.8, 4) is 11.5 Å². The molecule has 0 bridgehead atoms. The van der Waals surface area contributed by atoms with E-state index in [0.29, 0.717) is 0 Å². The van der Waals surface area contributed by atoms with Crippen molar-refractivity contribution in [2.75, 3.05) is 19.1 Å². The van der Waals surface area contributed by atoms with Gasteiger partial charge in [0.15, 0.2) is 0 Å². The Morgan fingerprint density at radius 3 is 1.82 bits per heavy atom. The summed E-state index contributed by atoms with van der Waals surface area (Å²) in [4.78, 5) is 7.18. The third-order valence-corrected chi connectivity index (χ3v) is 6.94. The standard InChI is InChI=1S/C29H25BrN2O2/c1-20-5-4-6-27-28(20)31-19-32(24-13-11-23(30)12-14-24)29(27,21-7-15-25(33-2)16-8-21)22-9-17-26(34-3)18-10-22/h4-19H,1-3H3. The van der Waals surface area contributed by atoms with Crippen molar-refractivity contribution in [3.63, 3.8) is 0 Å². The summed E-state index contributed by atoms with van der Waals surface area (Å²) in [5.74, 6) is 1.63. The molecule has 0 aromatic heterocycles. The topological polar surface area (TPSA) is 34.1 Å². The molecule has 0 amide bonds. The Labute approximate surface area is 208 Å². The molecule has 1 aliphatic rings. The lowest BCUT2D eigenvalue weighted by Crippen LogP contribution is -2.49. The molecule has 4 aromatic rings. The van der Waals surface area contributed by atoms with Gasteiger partial charge >= 0.3 is 0 Å². The minimum atomic E-state index is -0.657. The highest BCUT2D eigenvalue weighted by molar-refractivity contribution is 9.10. The molecule has 4 nitrogen and oxygen atoms in total. The Hall–Kier alpha value is -3.57. The molecule has 0 atom stereocenters. The molecule has 0 aliphatic carbocycles. The molecular weight excluding hydrogens is 488 g/mol. The first kappa shape index (κ1) is 22.2. The summed E-state index contributed by atoms with van der Waals surface area (Å²) in [6, 6.07) is 31.3. The number of rotatable bonds is 5. The van der Waals surface area contributed by atoms with Crippen LogP contribution in [0.5, 0.6) is 11.5 Å². The van der Waals surface area contributed by atoms with Crippen molar-refractivity contribution < 1.29 is 9.47 Å². The number of aliphatic imine (C=N–C) groups is 1. The number of hydrogen-bond acceptors (Lipinski definition) is 4. The van der Waals surface area contributed by atoms with Crippen LogP contribution in [0.15, 0.2) is 100 Å². The Balaban J connectivity index is 1.88. The van der Waals surface area contributed by atoms with E-state index < -0.39 is 5.54 Å². The maximum absolute atomic E-state index is 5.48. The number of para-hydroxylation sites is 1. The first-order valence-electron chi connectivity index (χ1n) is 11.1. The van der Waals surface area contributed by atoms with E-state index in [1.165, 1.54) is 0 Å². The summed E-state index contributed by atoms with van der Waals surface area (Å²) in [7, 11) is 3.38. The highest BCUT2D eigenvalue weighted by Gasteiger charge is 2.45. The molecule has 0 spiro atoms. The first-order chi connectivity index (χ1) is 16.6. The minimum absolute atomic E-state index is 0.657. The lowest BCUT2D eigenvalue weighted by atomic mass is 9.73. The highest BCUT2D eigenvalue weighted by atomic mass is 79.9. The van der Waals surface area contributed by atoms with Gasteiger partial charge in [-0.15, -0.1) is 0 Å². The summed E-state index contributed by atoms with van der Waals surface area (Å²) in [5.41, 5.74) is 5.84. The second kappa shape index (κ2) is 8.99. The van der Waals surface area contributed by atoms with Crippen LogP contribution in [-0.2, 0) is 5.54 Å². The highest BCUT2D eigenvalue weighted by Crippen LogP contribution is 2.50. The molecule has 0 saturated heterocycles. The van der Waals surface area contributed by atoms with Gasteiger partial charge in [-0.25, -0.2) is 4.99 Å². The SMILES string of the molecule is COc1ccc(C2(c3ccc(OC)cc3)c3cccc(C)c3N=CN2c2ccc(Br)cc2)cc1. The summed E-state index contributed by atoms with van der Waals surface area (Å²) in [5, 5.41) is 0. The smallest absolute Gasteiger partial charge is 0.124 e. The fourth-order valence-electron chi connectivity index (χ4n) is 4.74. The molecule has 0 radical (unpaired) electrons. The summed E-state index contributed by atoms with van der Waals surface area (Å²) in [6.07, 6.45) is 1.95. The van der Waals surface area contributed by atoms with Gasteiger partial charge in [-0.05, 0) is 72.1 Å². The van der Waals surface area contributed by atoms with Crippen LogP contribution in [0.1, 0.15) is 22.3 Å². The first-order valence-corrected chi connectivity index (χ1v) is 11.9. The number of hydrogen-bond donors (Lipinski definition) is 0. The molecule has 5 rings (SSSR count). The molecule has 0 saturated carbocycles. The fraction of sp³-hybridized carbons (Fsp3) is 0.138. The van der Waals surface area contributed by atoms with E-state index in [0.717, 1.165) is 49.6 Å². The predicted molar refractivity (Wildman–Crippen MR) is 142 cm³/mol. The zero-order chi connectivity index (χ0) is 23.7. The van der Waals surface area contributed by atoms with Crippen molar-refractivity contribution in [2.24, 2.45) is 4.99 Å². The molecule has 1 heterocycles. The van der Waals surface area contributed by atoms with E-state index in [1.807, 2.05) is 30.6 Å². The van der Waals surface area contributed by atoms with Crippen LogP contribution in [-0.4, -0.2) is 20.6 Å². The van der Waals surface area contributed by atoms with Crippen LogP contribution >= 0.6 is 15.9 Å². The summed E-state index contributed by atoms with van der Waals surface area (Å²) >= 11 is 3.57. The molecule has 1 aliphatic heterocycles. The predicted octanol–water partition coefficient (Wildman–Crippen LogP) is 7.25. The number of ether oxygens (including phenoxy) is 2. The van der Waals surface area contributed by atoms with E-state index in [9.17, 15) is 0 Å². The van der Waals surface area contributed by atoms with E-state index in [-0.39, 0.29) is 0 Å². The molecule has 0 unspecified atom stereocenters. The van der Waals surface area contributed by atoms with Crippen LogP contribution in [0.3, 0.4) is 0 Å². The van der Waals surface area contributed by atoms with Crippen molar-refractivity contribution in [1.82, 2.24) is 0 Å². The van der Waals surface area contributed by atoms with Crippen molar-refractivity contribution in [3.05, 3.63) is 118 Å². The van der Waals surface area contributed by atoms with Gasteiger partial charge in [-0.1, -0.05) is 58.4 Å². The lowest BCUT2D eigenvalue weighted by Gasteiger charge is -2.47. The average Bonchev–Trinajstić information content (AvgIpc) is 2.89. The van der Waals surface area contributed by atoms with E-state index in [4.69, 9.17) is 14.5 Å². The minimum Gasteiger partial charge on any atom is -0.497 e. The van der Waals surface area contributed by atoms with Crippen LogP contribution in [0, 0.1) is 6.92 Å². The van der Waals surface area contributed by atoms with Gasteiger partial charge in [-0.3, -0.25) is 0 Å². The Bertz CT molecular complexity index is 1280. The second-order valence-electron chi connectivity index (χ2n) is 8.23. The number of benzene rings is 4. The van der Waals surface area contributed by atoms with Crippen LogP contribution in [0.25, 0.3) is 0 Å². The molecular formula is C29H25BrN2O2. The third kappa shape index (κ3) is 3.57. The maximum Gasteiger partial charge on any atom is 0.124 e. The van der Waals surface area contributed by atoms with Gasteiger partial charge in [-0.2, -0.15) is 0 Å². The largest absolute Gasteiger partial charge is 0.497 e. The number of nitrogens with zero attached hydrogens (tertiary/aromatic N) is 2.